The summed E-state index contributed by atoms with van der Waals surface area (Å²) in [7, 11) is 0. The van der Waals surface area contributed by atoms with E-state index >= 15 is 0 Å². The lowest BCUT2D eigenvalue weighted by molar-refractivity contribution is 1.57. The van der Waals surface area contributed by atoms with Gasteiger partial charge in [-0.3, -0.25) is 0 Å². The molecule has 5 aromatic rings. The Morgan fingerprint density at radius 1 is 0.667 bits per heavy atom. The molecule has 1 heteroatoms. The zero-order valence-corrected chi connectivity index (χ0v) is 21.0. The monoisotopic (exact) mass is 482 g/mol. The minimum Gasteiger partial charge on any atom is -0.0991 e. The second kappa shape index (κ2) is 10.6. The van der Waals surface area contributed by atoms with Crippen molar-refractivity contribution in [2.24, 2.45) is 0 Å². The van der Waals surface area contributed by atoms with E-state index in [9.17, 15) is 0 Å². The zero-order valence-electron chi connectivity index (χ0n) is 20.3. The molecule has 36 heavy (non-hydrogen) atoms. The van der Waals surface area contributed by atoms with Crippen LogP contribution in [-0.2, 0) is 0 Å². The molecule has 0 aliphatic rings. The molecule has 0 atom stereocenters. The summed E-state index contributed by atoms with van der Waals surface area (Å²) in [6.45, 7) is 5.92. The fourth-order valence-electron chi connectivity index (χ4n) is 4.78. The van der Waals surface area contributed by atoms with Gasteiger partial charge in [-0.15, -0.1) is 0 Å². The van der Waals surface area contributed by atoms with E-state index in [2.05, 4.69) is 123 Å². The van der Waals surface area contributed by atoms with Crippen LogP contribution in [0.3, 0.4) is 0 Å². The third-order valence-electron chi connectivity index (χ3n) is 6.51. The molecule has 0 amide bonds. The Morgan fingerprint density at radius 2 is 1.36 bits per heavy atom. The first-order chi connectivity index (χ1) is 17.7. The molecule has 0 nitrogen and oxygen atoms in total. The maximum atomic E-state index is 6.53. The third-order valence-corrected chi connectivity index (χ3v) is 6.75. The maximum Gasteiger partial charge on any atom is 0.0412 e. The maximum absolute atomic E-state index is 6.53. The van der Waals surface area contributed by atoms with Gasteiger partial charge in [0.25, 0.3) is 0 Å². The molecular weight excluding hydrogens is 456 g/mol. The molecule has 5 rings (SSSR count). The van der Waals surface area contributed by atoms with Gasteiger partial charge in [-0.2, -0.15) is 0 Å². The standard InChI is InChI=1S/C35H27Cl/c1-3-5-11-25(4-2)31-16-9-14-29-15-10-17-33(35(29)31)32-23-22-30(36)24-34(32)28-20-18-27(19-21-28)26-12-7-6-8-13-26/h3-24H,1H2,2H3/b11-5-,25-4+. The first-order valence-corrected chi connectivity index (χ1v) is 12.5. The number of fused-ring (bicyclic) bond motifs is 1. The van der Waals surface area contributed by atoms with Gasteiger partial charge in [0.2, 0.25) is 0 Å². The minimum atomic E-state index is 0.726. The van der Waals surface area contributed by atoms with Crippen LogP contribution in [0, 0.1) is 0 Å². The van der Waals surface area contributed by atoms with E-state index in [1.807, 2.05) is 24.3 Å². The van der Waals surface area contributed by atoms with Gasteiger partial charge in [0.05, 0.1) is 0 Å². The van der Waals surface area contributed by atoms with Crippen LogP contribution in [0.2, 0.25) is 5.02 Å². The average Bonchev–Trinajstić information content (AvgIpc) is 2.94. The summed E-state index contributed by atoms with van der Waals surface area (Å²) in [5.74, 6) is 0. The highest BCUT2D eigenvalue weighted by atomic mass is 35.5. The summed E-state index contributed by atoms with van der Waals surface area (Å²) in [6, 6.07) is 38.4. The fraction of sp³-hybridized carbons (Fsp3) is 0.0286. The summed E-state index contributed by atoms with van der Waals surface area (Å²) in [5.41, 5.74) is 9.37. The van der Waals surface area contributed by atoms with Crippen LogP contribution in [0.5, 0.6) is 0 Å². The van der Waals surface area contributed by atoms with Crippen molar-refractivity contribution < 1.29 is 0 Å². The van der Waals surface area contributed by atoms with E-state index in [1.54, 1.807) is 0 Å². The lowest BCUT2D eigenvalue weighted by atomic mass is 9.87. The van der Waals surface area contributed by atoms with Crippen molar-refractivity contribution >= 4 is 27.9 Å². The Morgan fingerprint density at radius 3 is 2.08 bits per heavy atom. The Kier molecular flexibility index (Phi) is 6.98. The number of hydrogen-bond donors (Lipinski definition) is 0. The second-order valence-corrected chi connectivity index (χ2v) is 9.12. The van der Waals surface area contributed by atoms with Gasteiger partial charge in [-0.25, -0.2) is 0 Å². The van der Waals surface area contributed by atoms with Crippen LogP contribution >= 0.6 is 11.6 Å². The molecule has 174 valence electrons. The molecule has 5 aromatic carbocycles. The van der Waals surface area contributed by atoms with Crippen molar-refractivity contribution in [3.8, 4) is 33.4 Å². The second-order valence-electron chi connectivity index (χ2n) is 8.68. The molecule has 0 saturated heterocycles. The van der Waals surface area contributed by atoms with Crippen molar-refractivity contribution in [3.63, 3.8) is 0 Å². The van der Waals surface area contributed by atoms with Crippen molar-refractivity contribution in [2.45, 2.75) is 6.92 Å². The SMILES string of the molecule is C=C/C=C\C(=C/C)c1cccc2cccc(-c3ccc(Cl)cc3-c3ccc(-c4ccccc4)cc3)c12. The van der Waals surface area contributed by atoms with E-state index in [0.29, 0.717) is 0 Å². The van der Waals surface area contributed by atoms with E-state index < -0.39 is 0 Å². The number of halogens is 1. The van der Waals surface area contributed by atoms with Gasteiger partial charge >= 0.3 is 0 Å². The zero-order chi connectivity index (χ0) is 24.9. The molecule has 0 aliphatic heterocycles. The Bertz CT molecular complexity index is 1580. The molecule has 0 aromatic heterocycles. The molecule has 0 bridgehead atoms. The third kappa shape index (κ3) is 4.69. The van der Waals surface area contributed by atoms with Crippen LogP contribution in [0.1, 0.15) is 12.5 Å². The summed E-state index contributed by atoms with van der Waals surface area (Å²) < 4.78 is 0. The minimum absolute atomic E-state index is 0.726. The summed E-state index contributed by atoms with van der Waals surface area (Å²) in [4.78, 5) is 0. The highest BCUT2D eigenvalue weighted by molar-refractivity contribution is 6.31. The van der Waals surface area contributed by atoms with Crippen LogP contribution in [0.25, 0.3) is 49.7 Å². The van der Waals surface area contributed by atoms with Crippen molar-refractivity contribution in [1.82, 2.24) is 0 Å². The molecule has 0 spiro atoms. The molecule has 0 N–H and O–H groups in total. The Balaban J connectivity index is 1.70. The number of rotatable bonds is 6. The van der Waals surface area contributed by atoms with Gasteiger partial charge in [-0.1, -0.05) is 140 Å². The molecule has 0 saturated carbocycles. The number of benzene rings is 5. The van der Waals surface area contributed by atoms with E-state index in [0.717, 1.165) is 27.3 Å². The van der Waals surface area contributed by atoms with Gasteiger partial charge in [0.15, 0.2) is 0 Å². The molecule has 0 radical (unpaired) electrons. The molecule has 0 heterocycles. The van der Waals surface area contributed by atoms with Gasteiger partial charge in [0, 0.05) is 5.02 Å². The van der Waals surface area contributed by atoms with Gasteiger partial charge in [0.1, 0.15) is 0 Å². The van der Waals surface area contributed by atoms with Crippen molar-refractivity contribution in [1.29, 1.82) is 0 Å². The van der Waals surface area contributed by atoms with E-state index in [-0.39, 0.29) is 0 Å². The topological polar surface area (TPSA) is 0 Å². The first kappa shape index (κ1) is 23.6. The Labute approximate surface area is 218 Å². The van der Waals surface area contributed by atoms with E-state index in [4.69, 9.17) is 11.6 Å². The van der Waals surface area contributed by atoms with Crippen LogP contribution in [0.4, 0.5) is 0 Å². The molecular formula is C35H27Cl. The summed E-state index contributed by atoms with van der Waals surface area (Å²) in [5, 5.41) is 3.16. The summed E-state index contributed by atoms with van der Waals surface area (Å²) >= 11 is 6.53. The van der Waals surface area contributed by atoms with Gasteiger partial charge < -0.3 is 0 Å². The van der Waals surface area contributed by atoms with Gasteiger partial charge in [-0.05, 0) is 74.3 Å². The number of hydrogen-bond acceptors (Lipinski definition) is 0. The lowest BCUT2D eigenvalue weighted by Crippen LogP contribution is -1.91. The van der Waals surface area contributed by atoms with Crippen LogP contribution < -0.4 is 0 Å². The lowest BCUT2D eigenvalue weighted by Gasteiger charge is -2.17. The quantitative estimate of drug-likeness (QED) is 0.211. The first-order valence-electron chi connectivity index (χ1n) is 12.1. The van der Waals surface area contributed by atoms with Crippen LogP contribution in [0.15, 0.2) is 140 Å². The van der Waals surface area contributed by atoms with Crippen molar-refractivity contribution in [2.75, 3.05) is 0 Å². The van der Waals surface area contributed by atoms with Crippen LogP contribution in [-0.4, -0.2) is 0 Å². The normalized spacial score (nSPS) is 11.8. The summed E-state index contributed by atoms with van der Waals surface area (Å²) in [6.07, 6.45) is 8.06. The molecule has 0 fully saturated rings. The van der Waals surface area contributed by atoms with E-state index in [1.165, 1.54) is 33.0 Å². The Hall–Kier alpha value is -4.13. The highest BCUT2D eigenvalue weighted by Crippen LogP contribution is 2.40. The predicted molar refractivity (Wildman–Crippen MR) is 158 cm³/mol. The number of allylic oxidation sites excluding steroid dienone is 5. The largest absolute Gasteiger partial charge is 0.0991 e. The smallest absolute Gasteiger partial charge is 0.0412 e. The fourth-order valence-corrected chi connectivity index (χ4v) is 4.95. The predicted octanol–water partition coefficient (Wildman–Crippen LogP) is 10.6. The van der Waals surface area contributed by atoms with Crippen molar-refractivity contribution in [3.05, 3.63) is 151 Å². The average molecular weight is 483 g/mol. The molecule has 0 aliphatic carbocycles. The highest BCUT2D eigenvalue weighted by Gasteiger charge is 2.15. The molecule has 0 unspecified atom stereocenters.